The van der Waals surface area contributed by atoms with E-state index in [2.05, 4.69) is 35.2 Å². The van der Waals surface area contributed by atoms with Crippen LogP contribution in [0.1, 0.15) is 24.8 Å². The number of amidine groups is 1. The first-order valence-corrected chi connectivity index (χ1v) is 6.80. The van der Waals surface area contributed by atoms with Gasteiger partial charge in [0.25, 0.3) is 0 Å². The second-order valence-corrected chi connectivity index (χ2v) is 4.86. The minimum absolute atomic E-state index is 0.821. The lowest BCUT2D eigenvalue weighted by molar-refractivity contribution is 0.511. The van der Waals surface area contributed by atoms with E-state index in [1.807, 2.05) is 0 Å². The van der Waals surface area contributed by atoms with Crippen LogP contribution >= 0.6 is 0 Å². The van der Waals surface area contributed by atoms with Crippen LogP contribution in [0.25, 0.3) is 0 Å². The van der Waals surface area contributed by atoms with Gasteiger partial charge in [0.1, 0.15) is 5.84 Å². The van der Waals surface area contributed by atoms with Crippen molar-refractivity contribution in [2.24, 2.45) is 9.98 Å². The van der Waals surface area contributed by atoms with Crippen molar-refractivity contribution in [2.75, 3.05) is 26.2 Å². The van der Waals surface area contributed by atoms with E-state index in [4.69, 9.17) is 9.98 Å². The van der Waals surface area contributed by atoms with Crippen molar-refractivity contribution in [3.63, 3.8) is 0 Å². The third kappa shape index (κ3) is 2.45. The van der Waals surface area contributed by atoms with Crippen molar-refractivity contribution >= 4 is 11.5 Å². The van der Waals surface area contributed by atoms with Gasteiger partial charge in [-0.2, -0.15) is 0 Å². The molecular weight excluding hydrogens is 222 g/mol. The Bertz CT molecular complexity index is 456. The molecular formula is C15H19N3. The van der Waals surface area contributed by atoms with E-state index >= 15 is 0 Å². The van der Waals surface area contributed by atoms with Crippen molar-refractivity contribution in [2.45, 2.75) is 19.3 Å². The molecule has 0 aliphatic carbocycles. The molecule has 0 N–H and O–H groups in total. The molecule has 2 aliphatic heterocycles. The fraction of sp³-hybridized carbons (Fsp3) is 0.467. The molecule has 0 bridgehead atoms. The predicted octanol–water partition coefficient (Wildman–Crippen LogP) is 2.37. The van der Waals surface area contributed by atoms with Crippen molar-refractivity contribution in [3.8, 4) is 0 Å². The first-order chi connectivity index (χ1) is 8.93. The molecule has 2 aliphatic rings. The van der Waals surface area contributed by atoms with Crippen molar-refractivity contribution in [1.29, 1.82) is 0 Å². The molecule has 18 heavy (non-hydrogen) atoms. The number of hydrogen-bond acceptors (Lipinski definition) is 3. The summed E-state index contributed by atoms with van der Waals surface area (Å²) in [5.74, 6) is 1.24. The average molecular weight is 241 g/mol. The zero-order valence-corrected chi connectivity index (χ0v) is 10.7. The van der Waals surface area contributed by atoms with Crippen LogP contribution in [-0.4, -0.2) is 42.6 Å². The first-order valence-electron chi connectivity index (χ1n) is 6.80. The van der Waals surface area contributed by atoms with Crippen LogP contribution in [0.2, 0.25) is 0 Å². The highest BCUT2D eigenvalue weighted by Gasteiger charge is 2.19. The van der Waals surface area contributed by atoms with Gasteiger partial charge in [0.15, 0.2) is 0 Å². The highest BCUT2D eigenvalue weighted by atomic mass is 15.2. The highest BCUT2D eigenvalue weighted by molar-refractivity contribution is 6.12. The summed E-state index contributed by atoms with van der Waals surface area (Å²) >= 11 is 0. The second kappa shape index (κ2) is 5.34. The fourth-order valence-corrected chi connectivity index (χ4v) is 2.64. The van der Waals surface area contributed by atoms with Gasteiger partial charge in [0, 0.05) is 25.2 Å². The van der Waals surface area contributed by atoms with Crippen LogP contribution in [0, 0.1) is 0 Å². The van der Waals surface area contributed by atoms with Crippen LogP contribution in [-0.2, 0) is 0 Å². The molecule has 1 saturated heterocycles. The summed E-state index contributed by atoms with van der Waals surface area (Å²) < 4.78 is 0. The first kappa shape index (κ1) is 11.5. The maximum atomic E-state index is 4.71. The monoisotopic (exact) mass is 241 g/mol. The molecule has 0 spiro atoms. The number of rotatable bonds is 1. The Morgan fingerprint density at radius 2 is 1.61 bits per heavy atom. The van der Waals surface area contributed by atoms with Gasteiger partial charge >= 0.3 is 0 Å². The lowest BCUT2D eigenvalue weighted by Gasteiger charge is -2.19. The van der Waals surface area contributed by atoms with Crippen molar-refractivity contribution < 1.29 is 0 Å². The van der Waals surface area contributed by atoms with Gasteiger partial charge in [0.05, 0.1) is 13.1 Å². The Balaban J connectivity index is 1.80. The largest absolute Gasteiger partial charge is 0.360 e. The Morgan fingerprint density at radius 1 is 0.889 bits per heavy atom. The zero-order valence-electron chi connectivity index (χ0n) is 10.7. The molecule has 0 amide bonds. The summed E-state index contributed by atoms with van der Waals surface area (Å²) in [5, 5.41) is 0. The Hall–Kier alpha value is -1.64. The SMILES string of the molecule is c1ccc(C2=NCCN=C(N3CCCC3)C2)cc1. The molecule has 0 radical (unpaired) electrons. The van der Waals surface area contributed by atoms with Gasteiger partial charge in [0.2, 0.25) is 0 Å². The molecule has 0 saturated carbocycles. The number of aliphatic imine (C=N–C) groups is 2. The zero-order chi connectivity index (χ0) is 12.2. The van der Waals surface area contributed by atoms with Crippen LogP contribution in [0.15, 0.2) is 40.3 Å². The summed E-state index contributed by atoms with van der Waals surface area (Å²) in [7, 11) is 0. The van der Waals surface area contributed by atoms with Gasteiger partial charge < -0.3 is 4.90 Å². The second-order valence-electron chi connectivity index (χ2n) is 4.86. The van der Waals surface area contributed by atoms with E-state index in [0.717, 1.165) is 19.5 Å². The lowest BCUT2D eigenvalue weighted by atomic mass is 10.1. The van der Waals surface area contributed by atoms with Crippen molar-refractivity contribution in [3.05, 3.63) is 35.9 Å². The van der Waals surface area contributed by atoms with Crippen LogP contribution in [0.4, 0.5) is 0 Å². The molecule has 1 aromatic carbocycles. The van der Waals surface area contributed by atoms with Gasteiger partial charge in [-0.15, -0.1) is 0 Å². The van der Waals surface area contributed by atoms with Gasteiger partial charge in [-0.05, 0) is 18.4 Å². The topological polar surface area (TPSA) is 28.0 Å². The van der Waals surface area contributed by atoms with E-state index in [1.165, 1.54) is 43.0 Å². The maximum Gasteiger partial charge on any atom is 0.105 e. The van der Waals surface area contributed by atoms with Crippen LogP contribution < -0.4 is 0 Å². The summed E-state index contributed by atoms with van der Waals surface area (Å²) in [6.45, 7) is 3.99. The fourth-order valence-electron chi connectivity index (χ4n) is 2.64. The number of hydrogen-bond donors (Lipinski definition) is 0. The molecule has 3 rings (SSSR count). The molecule has 3 nitrogen and oxygen atoms in total. The lowest BCUT2D eigenvalue weighted by Crippen LogP contribution is -2.29. The highest BCUT2D eigenvalue weighted by Crippen LogP contribution is 2.15. The van der Waals surface area contributed by atoms with Crippen LogP contribution in [0.5, 0.6) is 0 Å². The number of nitrogens with zero attached hydrogens (tertiary/aromatic N) is 3. The standard InChI is InChI=1S/C15H19N3/c1-2-6-13(7-3-1)14-12-15(17-9-8-16-14)18-10-4-5-11-18/h1-3,6-7H,4-5,8-12H2. The Labute approximate surface area is 108 Å². The molecule has 0 unspecified atom stereocenters. The van der Waals surface area contributed by atoms with Crippen molar-refractivity contribution in [1.82, 2.24) is 4.90 Å². The molecule has 0 atom stereocenters. The van der Waals surface area contributed by atoms with Crippen LogP contribution in [0.3, 0.4) is 0 Å². The molecule has 0 aromatic heterocycles. The average Bonchev–Trinajstić information content (AvgIpc) is 2.85. The minimum atomic E-state index is 0.821. The predicted molar refractivity (Wildman–Crippen MR) is 75.6 cm³/mol. The third-order valence-electron chi connectivity index (χ3n) is 3.60. The summed E-state index contributed by atoms with van der Waals surface area (Å²) in [6, 6.07) is 10.5. The minimum Gasteiger partial charge on any atom is -0.360 e. The maximum absolute atomic E-state index is 4.71. The Kier molecular flexibility index (Phi) is 3.40. The molecule has 2 heterocycles. The molecule has 1 aromatic rings. The summed E-state index contributed by atoms with van der Waals surface area (Å²) in [4.78, 5) is 11.8. The van der Waals surface area contributed by atoms with Gasteiger partial charge in [-0.1, -0.05) is 30.3 Å². The molecule has 94 valence electrons. The van der Waals surface area contributed by atoms with Gasteiger partial charge in [-0.3, -0.25) is 9.98 Å². The molecule has 3 heteroatoms. The van der Waals surface area contributed by atoms with Gasteiger partial charge in [-0.25, -0.2) is 0 Å². The van der Waals surface area contributed by atoms with E-state index in [1.54, 1.807) is 0 Å². The smallest absolute Gasteiger partial charge is 0.105 e. The summed E-state index contributed by atoms with van der Waals surface area (Å²) in [6.07, 6.45) is 3.50. The molecule has 1 fully saturated rings. The van der Waals surface area contributed by atoms with E-state index < -0.39 is 0 Å². The van der Waals surface area contributed by atoms with E-state index in [9.17, 15) is 0 Å². The number of likely N-dealkylation sites (tertiary alicyclic amines) is 1. The summed E-state index contributed by atoms with van der Waals surface area (Å²) in [5.41, 5.74) is 2.44. The quantitative estimate of drug-likeness (QED) is 0.742. The Morgan fingerprint density at radius 3 is 2.39 bits per heavy atom. The third-order valence-corrected chi connectivity index (χ3v) is 3.60. The normalized spacial score (nSPS) is 20.3. The number of benzene rings is 1. The van der Waals surface area contributed by atoms with E-state index in [-0.39, 0.29) is 0 Å². The van der Waals surface area contributed by atoms with E-state index in [0.29, 0.717) is 0 Å².